The molecule has 0 aliphatic carbocycles. The van der Waals surface area contributed by atoms with Gasteiger partial charge < -0.3 is 15.2 Å². The summed E-state index contributed by atoms with van der Waals surface area (Å²) in [7, 11) is 1.57. The van der Waals surface area contributed by atoms with Crippen molar-refractivity contribution < 1.29 is 14.3 Å². The summed E-state index contributed by atoms with van der Waals surface area (Å²) in [5, 5.41) is 0. The Balaban J connectivity index is 1.97. The van der Waals surface area contributed by atoms with Gasteiger partial charge in [-0.3, -0.25) is 4.79 Å². The van der Waals surface area contributed by atoms with Crippen molar-refractivity contribution in [3.05, 3.63) is 59.4 Å². The van der Waals surface area contributed by atoms with Crippen LogP contribution in [0.25, 0.3) is 6.08 Å². The molecule has 2 N–H and O–H groups in total. The van der Waals surface area contributed by atoms with Crippen molar-refractivity contribution in [2.75, 3.05) is 12.8 Å². The number of methoxy groups -OCH3 is 1. The monoisotopic (exact) mass is 267 g/mol. The number of allylic oxidation sites excluding steroid dienone is 1. The first-order chi connectivity index (χ1) is 9.67. The lowest BCUT2D eigenvalue weighted by Crippen LogP contribution is -1.98. The lowest BCUT2D eigenvalue weighted by Gasteiger charge is -2.01. The number of Topliss-reactive ketones (excluding diaryl/α,β-unsaturated/α-hetero) is 1. The van der Waals surface area contributed by atoms with Crippen LogP contribution in [0.2, 0.25) is 0 Å². The molecule has 0 radical (unpaired) electrons. The predicted octanol–water partition coefficient (Wildman–Crippen LogP) is 2.89. The standard InChI is InChI=1S/C16H13NO3/c1-19-12-5-6-13-14(9-12)20-15(16(13)18)8-10-3-2-4-11(17)7-10/h2-9H,17H2,1H3/b15-8+. The zero-order valence-electron chi connectivity index (χ0n) is 10.9. The number of ether oxygens (including phenoxy) is 2. The second-order valence-electron chi connectivity index (χ2n) is 4.47. The summed E-state index contributed by atoms with van der Waals surface area (Å²) in [5.74, 6) is 1.33. The molecule has 1 aliphatic heterocycles. The molecular weight excluding hydrogens is 254 g/mol. The van der Waals surface area contributed by atoms with Gasteiger partial charge in [-0.05, 0) is 35.9 Å². The Bertz CT molecular complexity index is 719. The van der Waals surface area contributed by atoms with Crippen LogP contribution in [-0.2, 0) is 0 Å². The van der Waals surface area contributed by atoms with Gasteiger partial charge in [-0.15, -0.1) is 0 Å². The van der Waals surface area contributed by atoms with E-state index >= 15 is 0 Å². The van der Waals surface area contributed by atoms with E-state index in [1.807, 2.05) is 12.1 Å². The summed E-state index contributed by atoms with van der Waals surface area (Å²) in [5.41, 5.74) is 7.73. The smallest absolute Gasteiger partial charge is 0.231 e. The third-order valence-corrected chi connectivity index (χ3v) is 3.09. The minimum Gasteiger partial charge on any atom is -0.497 e. The first-order valence-electron chi connectivity index (χ1n) is 6.15. The van der Waals surface area contributed by atoms with E-state index in [0.717, 1.165) is 5.56 Å². The number of carbonyl (C=O) groups excluding carboxylic acids is 1. The van der Waals surface area contributed by atoms with E-state index in [1.54, 1.807) is 43.5 Å². The molecule has 4 heteroatoms. The highest BCUT2D eigenvalue weighted by molar-refractivity contribution is 6.14. The Labute approximate surface area is 116 Å². The molecule has 100 valence electrons. The number of fused-ring (bicyclic) bond motifs is 1. The van der Waals surface area contributed by atoms with E-state index in [9.17, 15) is 4.79 Å². The van der Waals surface area contributed by atoms with Gasteiger partial charge in [-0.25, -0.2) is 0 Å². The van der Waals surface area contributed by atoms with Crippen LogP contribution in [-0.4, -0.2) is 12.9 Å². The summed E-state index contributed by atoms with van der Waals surface area (Å²) in [4.78, 5) is 12.2. The molecule has 0 amide bonds. The molecule has 4 nitrogen and oxygen atoms in total. The molecule has 0 saturated heterocycles. The molecule has 0 spiro atoms. The van der Waals surface area contributed by atoms with Gasteiger partial charge >= 0.3 is 0 Å². The number of benzene rings is 2. The first kappa shape index (κ1) is 12.3. The molecular formula is C16H13NO3. The van der Waals surface area contributed by atoms with E-state index in [-0.39, 0.29) is 5.78 Å². The number of carbonyl (C=O) groups is 1. The number of hydrogen-bond acceptors (Lipinski definition) is 4. The Morgan fingerprint density at radius 1 is 1.20 bits per heavy atom. The van der Waals surface area contributed by atoms with Crippen LogP contribution in [0.5, 0.6) is 11.5 Å². The topological polar surface area (TPSA) is 61.6 Å². The Kier molecular flexibility index (Phi) is 2.91. The van der Waals surface area contributed by atoms with Crippen molar-refractivity contribution in [1.29, 1.82) is 0 Å². The maximum atomic E-state index is 12.2. The zero-order valence-corrected chi connectivity index (χ0v) is 10.9. The molecule has 3 rings (SSSR count). The fraction of sp³-hybridized carbons (Fsp3) is 0.0625. The van der Waals surface area contributed by atoms with E-state index in [4.69, 9.17) is 15.2 Å². The van der Waals surface area contributed by atoms with Gasteiger partial charge in [0.2, 0.25) is 5.78 Å². The molecule has 0 saturated carbocycles. The van der Waals surface area contributed by atoms with Crippen molar-refractivity contribution in [1.82, 2.24) is 0 Å². The van der Waals surface area contributed by atoms with Gasteiger partial charge in [0, 0.05) is 11.8 Å². The fourth-order valence-corrected chi connectivity index (χ4v) is 2.09. The fourth-order valence-electron chi connectivity index (χ4n) is 2.09. The largest absolute Gasteiger partial charge is 0.497 e. The molecule has 20 heavy (non-hydrogen) atoms. The van der Waals surface area contributed by atoms with E-state index in [1.165, 1.54) is 0 Å². The summed E-state index contributed by atoms with van der Waals surface area (Å²) in [6.07, 6.45) is 1.69. The highest BCUT2D eigenvalue weighted by atomic mass is 16.5. The van der Waals surface area contributed by atoms with Gasteiger partial charge in [0.1, 0.15) is 11.5 Å². The van der Waals surface area contributed by atoms with Crippen LogP contribution in [0.1, 0.15) is 15.9 Å². The molecule has 1 aliphatic rings. The third kappa shape index (κ3) is 2.12. The molecule has 0 bridgehead atoms. The number of hydrogen-bond donors (Lipinski definition) is 1. The molecule has 2 aromatic rings. The number of nitrogen functional groups attached to an aromatic ring is 1. The van der Waals surface area contributed by atoms with Crippen molar-refractivity contribution in [2.24, 2.45) is 0 Å². The van der Waals surface area contributed by atoms with Gasteiger partial charge in [-0.2, -0.15) is 0 Å². The molecule has 0 unspecified atom stereocenters. The summed E-state index contributed by atoms with van der Waals surface area (Å²) in [6, 6.07) is 12.4. The van der Waals surface area contributed by atoms with Gasteiger partial charge in [0.15, 0.2) is 5.76 Å². The Morgan fingerprint density at radius 2 is 2.05 bits per heavy atom. The maximum absolute atomic E-state index is 12.2. The van der Waals surface area contributed by atoms with E-state index < -0.39 is 0 Å². The summed E-state index contributed by atoms with van der Waals surface area (Å²) >= 11 is 0. The van der Waals surface area contributed by atoms with Crippen LogP contribution < -0.4 is 15.2 Å². The van der Waals surface area contributed by atoms with Gasteiger partial charge in [0.25, 0.3) is 0 Å². The van der Waals surface area contributed by atoms with Gasteiger partial charge in [0.05, 0.1) is 12.7 Å². The molecule has 0 atom stereocenters. The van der Waals surface area contributed by atoms with Crippen LogP contribution >= 0.6 is 0 Å². The second-order valence-corrected chi connectivity index (χ2v) is 4.47. The van der Waals surface area contributed by atoms with Gasteiger partial charge in [-0.1, -0.05) is 12.1 Å². The van der Waals surface area contributed by atoms with Crippen molar-refractivity contribution in [2.45, 2.75) is 0 Å². The predicted molar refractivity (Wildman–Crippen MR) is 76.8 cm³/mol. The zero-order chi connectivity index (χ0) is 14.1. The van der Waals surface area contributed by atoms with Crippen LogP contribution in [0.15, 0.2) is 48.2 Å². The minimum absolute atomic E-state index is 0.134. The second kappa shape index (κ2) is 4.74. The average Bonchev–Trinajstić information content (AvgIpc) is 2.75. The van der Waals surface area contributed by atoms with Crippen molar-refractivity contribution >= 4 is 17.5 Å². The summed E-state index contributed by atoms with van der Waals surface area (Å²) in [6.45, 7) is 0. The lowest BCUT2D eigenvalue weighted by molar-refractivity contribution is 0.101. The molecule has 1 heterocycles. The third-order valence-electron chi connectivity index (χ3n) is 3.09. The molecule has 0 aromatic heterocycles. The van der Waals surface area contributed by atoms with Crippen molar-refractivity contribution in [3.63, 3.8) is 0 Å². The highest BCUT2D eigenvalue weighted by Gasteiger charge is 2.27. The number of ketones is 1. The maximum Gasteiger partial charge on any atom is 0.231 e. The van der Waals surface area contributed by atoms with E-state index in [2.05, 4.69) is 0 Å². The Morgan fingerprint density at radius 3 is 2.80 bits per heavy atom. The lowest BCUT2D eigenvalue weighted by atomic mass is 10.1. The normalized spacial score (nSPS) is 15.1. The minimum atomic E-state index is -0.134. The first-order valence-corrected chi connectivity index (χ1v) is 6.15. The number of anilines is 1. The Hall–Kier alpha value is -2.75. The van der Waals surface area contributed by atoms with Crippen molar-refractivity contribution in [3.8, 4) is 11.5 Å². The van der Waals surface area contributed by atoms with Crippen LogP contribution in [0.3, 0.4) is 0 Å². The molecule has 0 fully saturated rings. The highest BCUT2D eigenvalue weighted by Crippen LogP contribution is 2.34. The number of rotatable bonds is 2. The number of nitrogens with two attached hydrogens (primary N) is 1. The average molecular weight is 267 g/mol. The molecule has 2 aromatic carbocycles. The van der Waals surface area contributed by atoms with Crippen LogP contribution in [0.4, 0.5) is 5.69 Å². The quantitative estimate of drug-likeness (QED) is 0.671. The van der Waals surface area contributed by atoms with Crippen LogP contribution in [0, 0.1) is 0 Å². The van der Waals surface area contributed by atoms with E-state index in [0.29, 0.717) is 28.5 Å². The summed E-state index contributed by atoms with van der Waals surface area (Å²) < 4.78 is 10.7. The SMILES string of the molecule is COc1ccc2c(c1)O/C(=C/c1cccc(N)c1)C2=O.